The molecular weight excluding hydrogens is 317 g/mol. The van der Waals surface area contributed by atoms with Gasteiger partial charge in [0.05, 0.1) is 23.6 Å². The number of imidazole rings is 1. The lowest BCUT2D eigenvalue weighted by Crippen LogP contribution is -2.07. The van der Waals surface area contributed by atoms with Crippen molar-refractivity contribution in [2.24, 2.45) is 0 Å². The summed E-state index contributed by atoms with van der Waals surface area (Å²) in [5.41, 5.74) is 0.935. The second-order valence-electron chi connectivity index (χ2n) is 4.72. The van der Waals surface area contributed by atoms with Gasteiger partial charge in [0.1, 0.15) is 5.65 Å². The third kappa shape index (κ3) is 2.55. The summed E-state index contributed by atoms with van der Waals surface area (Å²) in [7, 11) is 0. The minimum absolute atomic E-state index is 0.295. The Bertz CT molecular complexity index is 825. The van der Waals surface area contributed by atoms with E-state index in [1.54, 1.807) is 24.3 Å². The zero-order valence-electron chi connectivity index (χ0n) is 11.1. The van der Waals surface area contributed by atoms with Crippen molar-refractivity contribution in [2.45, 2.75) is 12.8 Å². The number of pyridine rings is 1. The van der Waals surface area contributed by atoms with E-state index in [1.165, 1.54) is 10.5 Å². The number of benzene rings is 1. The van der Waals surface area contributed by atoms with Crippen LogP contribution < -0.4 is 0 Å². The van der Waals surface area contributed by atoms with Gasteiger partial charge in [-0.3, -0.25) is 0 Å². The fourth-order valence-electron chi connectivity index (χ4n) is 2.25. The monoisotopic (exact) mass is 326 g/mol. The highest BCUT2D eigenvalue weighted by Crippen LogP contribution is 2.31. The number of hydrogen-bond acceptors (Lipinski definition) is 2. The molecule has 0 fully saturated rings. The molecule has 2 aromatic heterocycles. The fourth-order valence-corrected chi connectivity index (χ4v) is 2.38. The van der Waals surface area contributed by atoms with Crippen molar-refractivity contribution in [3.05, 3.63) is 58.9 Å². The first-order valence-corrected chi connectivity index (χ1v) is 6.73. The molecule has 7 heteroatoms. The summed E-state index contributed by atoms with van der Waals surface area (Å²) in [6.45, 7) is -0.430. The molecule has 0 amide bonds. The highest BCUT2D eigenvalue weighted by atomic mass is 35.5. The Hall–Kier alpha value is -2.05. The Balaban J connectivity index is 2.22. The summed E-state index contributed by atoms with van der Waals surface area (Å²) in [6.07, 6.45) is -3.51. The zero-order valence-corrected chi connectivity index (χ0v) is 11.9. The van der Waals surface area contributed by atoms with Crippen LogP contribution in [-0.4, -0.2) is 14.5 Å². The number of halogens is 4. The van der Waals surface area contributed by atoms with Crippen LogP contribution in [0.1, 0.15) is 11.3 Å². The number of hydrogen-bond donors (Lipinski definition) is 1. The number of alkyl halides is 3. The summed E-state index contributed by atoms with van der Waals surface area (Å²) in [5.74, 6) is 0. The van der Waals surface area contributed by atoms with Crippen LogP contribution in [0.25, 0.3) is 16.9 Å². The highest BCUT2D eigenvalue weighted by Gasteiger charge is 2.31. The molecule has 0 atom stereocenters. The summed E-state index contributed by atoms with van der Waals surface area (Å²) >= 11 is 5.82. The van der Waals surface area contributed by atoms with Gasteiger partial charge in [-0.05, 0) is 24.3 Å². The van der Waals surface area contributed by atoms with Gasteiger partial charge in [-0.2, -0.15) is 13.2 Å². The highest BCUT2D eigenvalue weighted by molar-refractivity contribution is 6.30. The normalized spacial score (nSPS) is 12.0. The minimum Gasteiger partial charge on any atom is -0.390 e. The SMILES string of the molecule is OCc1c(-c2ccc(Cl)cc2)nc2ccc(C(F)(F)F)cn12. The van der Waals surface area contributed by atoms with Crippen molar-refractivity contribution in [3.63, 3.8) is 0 Å². The molecule has 0 radical (unpaired) electrons. The number of aliphatic hydroxyl groups excluding tert-OH is 1. The standard InChI is InChI=1S/C15H10ClF3N2O/c16-11-4-1-9(2-5-11)14-12(8-22)21-7-10(15(17,18)19)3-6-13(21)20-14/h1-7,22H,8H2. The van der Waals surface area contributed by atoms with E-state index in [2.05, 4.69) is 4.98 Å². The van der Waals surface area contributed by atoms with Gasteiger partial charge in [-0.25, -0.2) is 4.98 Å². The maximum atomic E-state index is 12.8. The molecular formula is C15H10ClF3N2O. The molecule has 0 aliphatic carbocycles. The van der Waals surface area contributed by atoms with Gasteiger partial charge < -0.3 is 9.51 Å². The van der Waals surface area contributed by atoms with Crippen LogP contribution >= 0.6 is 11.6 Å². The van der Waals surface area contributed by atoms with E-state index in [0.29, 0.717) is 27.6 Å². The van der Waals surface area contributed by atoms with Crippen LogP contribution in [0, 0.1) is 0 Å². The third-order valence-electron chi connectivity index (χ3n) is 3.31. The van der Waals surface area contributed by atoms with E-state index in [1.807, 2.05) is 0 Å². The van der Waals surface area contributed by atoms with E-state index >= 15 is 0 Å². The summed E-state index contributed by atoms with van der Waals surface area (Å²) in [6, 6.07) is 8.96. The Morgan fingerprint density at radius 3 is 2.36 bits per heavy atom. The number of nitrogens with zero attached hydrogens (tertiary/aromatic N) is 2. The first-order valence-electron chi connectivity index (χ1n) is 6.35. The number of rotatable bonds is 2. The van der Waals surface area contributed by atoms with E-state index in [9.17, 15) is 18.3 Å². The summed E-state index contributed by atoms with van der Waals surface area (Å²) < 4.78 is 39.7. The smallest absolute Gasteiger partial charge is 0.390 e. The topological polar surface area (TPSA) is 37.5 Å². The predicted molar refractivity (Wildman–Crippen MR) is 76.6 cm³/mol. The van der Waals surface area contributed by atoms with Crippen LogP contribution in [0.15, 0.2) is 42.6 Å². The van der Waals surface area contributed by atoms with Crippen molar-refractivity contribution in [2.75, 3.05) is 0 Å². The van der Waals surface area contributed by atoms with E-state index in [-0.39, 0.29) is 0 Å². The van der Waals surface area contributed by atoms with Crippen LogP contribution in [0.4, 0.5) is 13.2 Å². The van der Waals surface area contributed by atoms with Crippen molar-refractivity contribution in [3.8, 4) is 11.3 Å². The van der Waals surface area contributed by atoms with Gasteiger partial charge in [0, 0.05) is 16.8 Å². The van der Waals surface area contributed by atoms with Crippen LogP contribution in [-0.2, 0) is 12.8 Å². The maximum absolute atomic E-state index is 12.8. The van der Waals surface area contributed by atoms with Crippen molar-refractivity contribution < 1.29 is 18.3 Å². The predicted octanol–water partition coefficient (Wildman–Crippen LogP) is 4.17. The molecule has 22 heavy (non-hydrogen) atoms. The largest absolute Gasteiger partial charge is 0.417 e. The molecule has 1 N–H and O–H groups in total. The second kappa shape index (κ2) is 5.30. The first kappa shape index (κ1) is 14.9. The molecule has 1 aromatic carbocycles. The molecule has 2 heterocycles. The van der Waals surface area contributed by atoms with Gasteiger partial charge in [-0.15, -0.1) is 0 Å². The van der Waals surface area contributed by atoms with Gasteiger partial charge in [0.25, 0.3) is 0 Å². The average molecular weight is 327 g/mol. The maximum Gasteiger partial charge on any atom is 0.417 e. The molecule has 0 bridgehead atoms. The molecule has 0 saturated heterocycles. The van der Waals surface area contributed by atoms with Crippen molar-refractivity contribution in [1.82, 2.24) is 9.38 Å². The van der Waals surface area contributed by atoms with E-state index < -0.39 is 18.3 Å². The minimum atomic E-state index is -4.45. The van der Waals surface area contributed by atoms with Gasteiger partial charge in [-0.1, -0.05) is 23.7 Å². The Morgan fingerprint density at radius 2 is 1.77 bits per heavy atom. The molecule has 3 nitrogen and oxygen atoms in total. The molecule has 0 spiro atoms. The fraction of sp³-hybridized carbons (Fsp3) is 0.133. The lowest BCUT2D eigenvalue weighted by molar-refractivity contribution is -0.137. The summed E-state index contributed by atoms with van der Waals surface area (Å²) in [4.78, 5) is 4.30. The Labute approximate surface area is 128 Å². The second-order valence-corrected chi connectivity index (χ2v) is 5.15. The molecule has 0 aliphatic heterocycles. The van der Waals surface area contributed by atoms with Crippen LogP contribution in [0.5, 0.6) is 0 Å². The molecule has 0 aliphatic rings. The molecule has 114 valence electrons. The van der Waals surface area contributed by atoms with E-state index in [4.69, 9.17) is 11.6 Å². The molecule has 3 rings (SSSR count). The number of aliphatic hydroxyl groups is 1. The molecule has 0 saturated carbocycles. The third-order valence-corrected chi connectivity index (χ3v) is 3.56. The van der Waals surface area contributed by atoms with Crippen molar-refractivity contribution in [1.29, 1.82) is 0 Å². The quantitative estimate of drug-likeness (QED) is 0.767. The van der Waals surface area contributed by atoms with E-state index in [0.717, 1.165) is 12.3 Å². The number of fused-ring (bicyclic) bond motifs is 1. The van der Waals surface area contributed by atoms with Crippen LogP contribution in [0.3, 0.4) is 0 Å². The Morgan fingerprint density at radius 1 is 1.09 bits per heavy atom. The van der Waals surface area contributed by atoms with Crippen LogP contribution in [0.2, 0.25) is 5.02 Å². The Kier molecular flexibility index (Phi) is 3.58. The average Bonchev–Trinajstić information content (AvgIpc) is 2.84. The van der Waals surface area contributed by atoms with Gasteiger partial charge >= 0.3 is 6.18 Å². The van der Waals surface area contributed by atoms with Gasteiger partial charge in [0.2, 0.25) is 0 Å². The van der Waals surface area contributed by atoms with Gasteiger partial charge in [0.15, 0.2) is 0 Å². The van der Waals surface area contributed by atoms with Crippen molar-refractivity contribution >= 4 is 17.2 Å². The number of aromatic nitrogens is 2. The zero-order chi connectivity index (χ0) is 15.9. The summed E-state index contributed by atoms with van der Waals surface area (Å²) in [5, 5.41) is 10.1. The molecule has 3 aromatic rings. The lowest BCUT2D eigenvalue weighted by atomic mass is 10.1. The molecule has 0 unspecified atom stereocenters. The lowest BCUT2D eigenvalue weighted by Gasteiger charge is -2.08. The first-order chi connectivity index (χ1) is 10.4.